The molecule has 2 rings (SSSR count). The molecule has 104 valence electrons. The fraction of sp³-hybridized carbons (Fsp3) is 0.538. The molecule has 0 aliphatic carbocycles. The molecule has 0 aromatic carbocycles. The van der Waals surface area contributed by atoms with E-state index in [0.717, 1.165) is 18.8 Å². The minimum absolute atomic E-state index is 0.0368. The van der Waals surface area contributed by atoms with Crippen molar-refractivity contribution in [2.75, 3.05) is 38.1 Å². The molecule has 1 fully saturated rings. The summed E-state index contributed by atoms with van der Waals surface area (Å²) in [6, 6.07) is 3.76. The van der Waals surface area contributed by atoms with Gasteiger partial charge in [0.25, 0.3) is 0 Å². The lowest BCUT2D eigenvalue weighted by Crippen LogP contribution is -2.31. The maximum absolute atomic E-state index is 8.67. The van der Waals surface area contributed by atoms with Gasteiger partial charge < -0.3 is 20.7 Å². The molecule has 1 aromatic rings. The van der Waals surface area contributed by atoms with E-state index in [1.807, 2.05) is 19.2 Å². The predicted molar refractivity (Wildman–Crippen MR) is 75.7 cm³/mol. The van der Waals surface area contributed by atoms with E-state index in [2.05, 4.69) is 19.9 Å². The van der Waals surface area contributed by atoms with Crippen molar-refractivity contribution in [2.24, 2.45) is 10.9 Å². The average molecular weight is 263 g/mol. The molecular weight excluding hydrogens is 242 g/mol. The van der Waals surface area contributed by atoms with E-state index in [0.29, 0.717) is 5.69 Å². The highest BCUT2D eigenvalue weighted by Crippen LogP contribution is 2.13. The van der Waals surface area contributed by atoms with Crippen molar-refractivity contribution in [3.8, 4) is 0 Å². The number of nitrogens with zero attached hydrogens (tertiary/aromatic N) is 4. The first kappa shape index (κ1) is 13.6. The number of likely N-dealkylation sites (tertiary alicyclic amines) is 1. The number of hydrogen-bond donors (Lipinski definition) is 2. The Morgan fingerprint density at radius 3 is 2.95 bits per heavy atom. The van der Waals surface area contributed by atoms with Gasteiger partial charge in [-0.1, -0.05) is 5.16 Å². The summed E-state index contributed by atoms with van der Waals surface area (Å²) in [5.41, 5.74) is 7.06. The second kappa shape index (κ2) is 6.38. The van der Waals surface area contributed by atoms with E-state index in [9.17, 15) is 0 Å². The fourth-order valence-electron chi connectivity index (χ4n) is 2.27. The van der Waals surface area contributed by atoms with Crippen molar-refractivity contribution in [1.29, 1.82) is 0 Å². The van der Waals surface area contributed by atoms with Gasteiger partial charge in [-0.3, -0.25) is 4.98 Å². The van der Waals surface area contributed by atoms with Crippen molar-refractivity contribution in [1.82, 2.24) is 9.88 Å². The van der Waals surface area contributed by atoms with Gasteiger partial charge >= 0.3 is 0 Å². The first-order chi connectivity index (χ1) is 9.20. The number of amidine groups is 1. The normalized spacial score (nSPS) is 16.8. The van der Waals surface area contributed by atoms with Gasteiger partial charge in [0.15, 0.2) is 5.84 Å². The number of anilines is 1. The zero-order chi connectivity index (χ0) is 13.7. The Labute approximate surface area is 113 Å². The van der Waals surface area contributed by atoms with Crippen molar-refractivity contribution in [3.05, 3.63) is 24.0 Å². The standard InChI is InChI=1S/C13H21N5O/c1-17(8-9-18-6-2-3-7-18)11-4-5-15-12(10-11)13(14)16-19/h4-5,10,19H,2-3,6-9H2,1H3,(H2,14,16). The summed E-state index contributed by atoms with van der Waals surface area (Å²) in [6.45, 7) is 4.44. The van der Waals surface area contributed by atoms with E-state index in [1.165, 1.54) is 25.9 Å². The first-order valence-electron chi connectivity index (χ1n) is 6.58. The Kier molecular flexibility index (Phi) is 4.57. The zero-order valence-electron chi connectivity index (χ0n) is 11.3. The monoisotopic (exact) mass is 263 g/mol. The summed E-state index contributed by atoms with van der Waals surface area (Å²) < 4.78 is 0. The van der Waals surface area contributed by atoms with Gasteiger partial charge in [-0.15, -0.1) is 0 Å². The smallest absolute Gasteiger partial charge is 0.188 e. The molecule has 3 N–H and O–H groups in total. The lowest BCUT2D eigenvalue weighted by atomic mass is 10.3. The quantitative estimate of drug-likeness (QED) is 0.354. The van der Waals surface area contributed by atoms with Crippen LogP contribution in [0.4, 0.5) is 5.69 Å². The summed E-state index contributed by atoms with van der Waals surface area (Å²) >= 11 is 0. The van der Waals surface area contributed by atoms with E-state index < -0.39 is 0 Å². The van der Waals surface area contributed by atoms with Crippen LogP contribution in [0.25, 0.3) is 0 Å². The Bertz CT molecular complexity index is 442. The molecular formula is C13H21N5O. The van der Waals surface area contributed by atoms with Gasteiger partial charge in [0.1, 0.15) is 5.69 Å². The molecule has 0 radical (unpaired) electrons. The van der Waals surface area contributed by atoms with Crippen molar-refractivity contribution in [3.63, 3.8) is 0 Å². The number of aromatic nitrogens is 1. The third-order valence-electron chi connectivity index (χ3n) is 3.50. The number of hydrogen-bond acceptors (Lipinski definition) is 5. The maximum atomic E-state index is 8.67. The SMILES string of the molecule is CN(CCN1CCCC1)c1ccnc(C(N)=NO)c1. The third-order valence-corrected chi connectivity index (χ3v) is 3.50. The summed E-state index contributed by atoms with van der Waals surface area (Å²) in [7, 11) is 2.04. The molecule has 0 bridgehead atoms. The van der Waals surface area contributed by atoms with Crippen LogP contribution in [0.1, 0.15) is 18.5 Å². The van der Waals surface area contributed by atoms with Crippen LogP contribution in [0, 0.1) is 0 Å². The summed E-state index contributed by atoms with van der Waals surface area (Å²) in [5.74, 6) is 0.0368. The molecule has 0 amide bonds. The number of oxime groups is 1. The number of rotatable bonds is 5. The fourth-order valence-corrected chi connectivity index (χ4v) is 2.27. The summed E-state index contributed by atoms with van der Waals surface area (Å²) in [4.78, 5) is 8.71. The highest BCUT2D eigenvalue weighted by atomic mass is 16.4. The molecule has 0 saturated carbocycles. The Balaban J connectivity index is 1.96. The summed E-state index contributed by atoms with van der Waals surface area (Å²) in [6.07, 6.45) is 4.30. The first-order valence-corrected chi connectivity index (χ1v) is 6.58. The molecule has 0 unspecified atom stereocenters. The van der Waals surface area contributed by atoms with E-state index in [-0.39, 0.29) is 5.84 Å². The Hall–Kier alpha value is -1.82. The van der Waals surface area contributed by atoms with E-state index in [4.69, 9.17) is 10.9 Å². The van der Waals surface area contributed by atoms with Crippen LogP contribution in [-0.4, -0.2) is 54.2 Å². The number of pyridine rings is 1. The van der Waals surface area contributed by atoms with Crippen LogP contribution in [0.15, 0.2) is 23.5 Å². The molecule has 1 aliphatic rings. The van der Waals surface area contributed by atoms with Gasteiger partial charge in [-0.25, -0.2) is 0 Å². The minimum Gasteiger partial charge on any atom is -0.409 e. The number of likely N-dealkylation sites (N-methyl/N-ethyl adjacent to an activating group) is 1. The molecule has 1 aromatic heterocycles. The molecule has 0 atom stereocenters. The third kappa shape index (κ3) is 3.57. The van der Waals surface area contributed by atoms with Crippen molar-refractivity contribution < 1.29 is 5.21 Å². The molecule has 1 aliphatic heterocycles. The Morgan fingerprint density at radius 2 is 2.26 bits per heavy atom. The second-order valence-electron chi connectivity index (χ2n) is 4.85. The highest BCUT2D eigenvalue weighted by Gasteiger charge is 2.12. The second-order valence-corrected chi connectivity index (χ2v) is 4.85. The lowest BCUT2D eigenvalue weighted by molar-refractivity contribution is 0.318. The zero-order valence-corrected chi connectivity index (χ0v) is 11.3. The van der Waals surface area contributed by atoms with Crippen LogP contribution < -0.4 is 10.6 Å². The molecule has 6 nitrogen and oxygen atoms in total. The molecule has 2 heterocycles. The predicted octanol–water partition coefficient (Wildman–Crippen LogP) is 0.708. The van der Waals surface area contributed by atoms with E-state index >= 15 is 0 Å². The van der Waals surface area contributed by atoms with Crippen LogP contribution >= 0.6 is 0 Å². The van der Waals surface area contributed by atoms with Gasteiger partial charge in [-0.05, 0) is 38.1 Å². The van der Waals surface area contributed by atoms with Crippen molar-refractivity contribution in [2.45, 2.75) is 12.8 Å². The van der Waals surface area contributed by atoms with Gasteiger partial charge in [0.2, 0.25) is 0 Å². The van der Waals surface area contributed by atoms with Crippen LogP contribution in [0.3, 0.4) is 0 Å². The topological polar surface area (TPSA) is 78.0 Å². The summed E-state index contributed by atoms with van der Waals surface area (Å²) in [5, 5.41) is 11.6. The number of nitrogens with two attached hydrogens (primary N) is 1. The molecule has 6 heteroatoms. The molecule has 19 heavy (non-hydrogen) atoms. The van der Waals surface area contributed by atoms with Gasteiger partial charge in [0.05, 0.1) is 0 Å². The highest BCUT2D eigenvalue weighted by molar-refractivity contribution is 5.95. The van der Waals surface area contributed by atoms with Crippen LogP contribution in [0.2, 0.25) is 0 Å². The van der Waals surface area contributed by atoms with E-state index in [1.54, 1.807) is 6.20 Å². The van der Waals surface area contributed by atoms with Gasteiger partial charge in [0, 0.05) is 32.0 Å². The largest absolute Gasteiger partial charge is 0.409 e. The Morgan fingerprint density at radius 1 is 1.53 bits per heavy atom. The maximum Gasteiger partial charge on any atom is 0.188 e. The molecule has 1 saturated heterocycles. The average Bonchev–Trinajstić information content (AvgIpc) is 2.97. The molecule has 0 spiro atoms. The van der Waals surface area contributed by atoms with Gasteiger partial charge in [-0.2, -0.15) is 0 Å². The lowest BCUT2D eigenvalue weighted by Gasteiger charge is -2.23. The van der Waals surface area contributed by atoms with Crippen molar-refractivity contribution >= 4 is 11.5 Å². The van der Waals surface area contributed by atoms with Crippen LogP contribution in [-0.2, 0) is 0 Å². The minimum atomic E-state index is 0.0368. The van der Waals surface area contributed by atoms with Crippen LogP contribution in [0.5, 0.6) is 0 Å².